The Hall–Kier alpha value is -1.83. The quantitative estimate of drug-likeness (QED) is 0.844. The maximum absolute atomic E-state index is 12.1. The largest absolute Gasteiger partial charge is 0.573 e. The van der Waals surface area contributed by atoms with Gasteiger partial charge in [-0.2, -0.15) is 0 Å². The monoisotopic (exact) mass is 348 g/mol. The Morgan fingerprint density at radius 2 is 1.85 bits per heavy atom. The summed E-state index contributed by atoms with van der Waals surface area (Å²) in [4.78, 5) is 7.92. The lowest BCUT2D eigenvalue weighted by molar-refractivity contribution is -0.274. The molecular formula is C12H8BrF3N2O2. The molecule has 1 aromatic heterocycles. The van der Waals surface area contributed by atoms with Gasteiger partial charge in [0.2, 0.25) is 0 Å². The second-order valence-electron chi connectivity index (χ2n) is 3.59. The van der Waals surface area contributed by atoms with E-state index in [0.717, 1.165) is 0 Å². The third-order valence-electron chi connectivity index (χ3n) is 2.12. The van der Waals surface area contributed by atoms with Crippen molar-refractivity contribution in [2.45, 2.75) is 13.0 Å². The summed E-state index contributed by atoms with van der Waals surface area (Å²) in [6.07, 6.45) is -1.59. The summed E-state index contributed by atoms with van der Waals surface area (Å²) in [5.41, 5.74) is 0. The summed E-state index contributed by atoms with van der Waals surface area (Å²) < 4.78 is 45.6. The van der Waals surface area contributed by atoms with E-state index in [2.05, 4.69) is 30.6 Å². The number of aromatic nitrogens is 2. The van der Waals surface area contributed by atoms with Gasteiger partial charge in [-0.05, 0) is 40.2 Å². The van der Waals surface area contributed by atoms with Crippen LogP contribution >= 0.6 is 15.9 Å². The van der Waals surface area contributed by atoms with Crippen molar-refractivity contribution < 1.29 is 22.6 Å². The molecule has 1 aromatic carbocycles. The summed E-state index contributed by atoms with van der Waals surface area (Å²) in [6.45, 7) is 0.118. The predicted octanol–water partition coefficient (Wildman–Crippen LogP) is 3.72. The van der Waals surface area contributed by atoms with E-state index in [-0.39, 0.29) is 16.8 Å². The van der Waals surface area contributed by atoms with Gasteiger partial charge in [-0.3, -0.25) is 0 Å². The fraction of sp³-hybridized carbons (Fsp3) is 0.167. The number of halogens is 4. The van der Waals surface area contributed by atoms with Gasteiger partial charge in [0.1, 0.15) is 18.1 Å². The van der Waals surface area contributed by atoms with Gasteiger partial charge in [-0.25, -0.2) is 9.97 Å². The molecule has 2 rings (SSSR count). The Kier molecular flexibility index (Phi) is 4.43. The van der Waals surface area contributed by atoms with E-state index in [9.17, 15) is 13.2 Å². The van der Waals surface area contributed by atoms with Crippen molar-refractivity contribution in [1.29, 1.82) is 0 Å². The zero-order valence-corrected chi connectivity index (χ0v) is 11.5. The van der Waals surface area contributed by atoms with E-state index in [1.807, 2.05) is 0 Å². The number of hydrogen-bond donors (Lipinski definition) is 0. The molecule has 0 fully saturated rings. The molecule has 2 aromatic rings. The molecule has 0 N–H and O–H groups in total. The van der Waals surface area contributed by atoms with Gasteiger partial charge in [0.15, 0.2) is 5.82 Å². The molecule has 106 valence electrons. The Labute approximate surface area is 120 Å². The summed E-state index contributed by atoms with van der Waals surface area (Å²) in [7, 11) is 0. The first kappa shape index (κ1) is 14.6. The normalized spacial score (nSPS) is 11.2. The number of ether oxygens (including phenoxy) is 2. The lowest BCUT2D eigenvalue weighted by Gasteiger charge is -2.12. The highest BCUT2D eigenvalue weighted by Gasteiger charge is 2.31. The lowest BCUT2D eigenvalue weighted by atomic mass is 10.3. The second-order valence-corrected chi connectivity index (χ2v) is 4.45. The molecule has 4 nitrogen and oxygen atoms in total. The van der Waals surface area contributed by atoms with Crippen molar-refractivity contribution in [3.63, 3.8) is 0 Å². The number of nitrogens with zero attached hydrogens (tertiary/aromatic N) is 2. The third kappa shape index (κ3) is 4.37. The third-order valence-corrected chi connectivity index (χ3v) is 2.74. The number of benzene rings is 1. The molecule has 0 saturated heterocycles. The molecular weight excluding hydrogens is 341 g/mol. The molecule has 8 heteroatoms. The summed E-state index contributed by atoms with van der Waals surface area (Å²) in [6, 6.07) is 5.58. The smallest absolute Gasteiger partial charge is 0.486 e. The van der Waals surface area contributed by atoms with Gasteiger partial charge in [0.05, 0.1) is 4.47 Å². The molecule has 0 atom stereocenters. The van der Waals surface area contributed by atoms with Gasteiger partial charge < -0.3 is 9.47 Å². The van der Waals surface area contributed by atoms with Crippen LogP contribution in [-0.2, 0) is 6.61 Å². The fourth-order valence-corrected chi connectivity index (χ4v) is 1.77. The summed E-state index contributed by atoms with van der Waals surface area (Å²) in [5, 5.41) is 0. The molecule has 0 radical (unpaired) electrons. The molecule has 1 heterocycles. The highest BCUT2D eigenvalue weighted by atomic mass is 79.9. The molecule has 0 spiro atoms. The topological polar surface area (TPSA) is 44.2 Å². The maximum atomic E-state index is 12.1. The van der Waals surface area contributed by atoms with E-state index in [0.29, 0.717) is 11.6 Å². The van der Waals surface area contributed by atoms with Crippen LogP contribution in [0, 0.1) is 0 Å². The number of alkyl halides is 3. The van der Waals surface area contributed by atoms with Crippen LogP contribution in [0.4, 0.5) is 13.2 Å². The number of rotatable bonds is 4. The van der Waals surface area contributed by atoms with Crippen molar-refractivity contribution in [1.82, 2.24) is 9.97 Å². The Bertz CT molecular complexity index is 579. The van der Waals surface area contributed by atoms with Gasteiger partial charge in [0.25, 0.3) is 0 Å². The van der Waals surface area contributed by atoms with Crippen LogP contribution in [-0.4, -0.2) is 16.3 Å². The van der Waals surface area contributed by atoms with Crippen LogP contribution < -0.4 is 9.47 Å². The minimum Gasteiger partial charge on any atom is -0.486 e. The number of hydrogen-bond acceptors (Lipinski definition) is 4. The predicted molar refractivity (Wildman–Crippen MR) is 67.2 cm³/mol. The van der Waals surface area contributed by atoms with E-state index in [4.69, 9.17) is 4.74 Å². The van der Waals surface area contributed by atoms with Crippen LogP contribution in [0.15, 0.2) is 41.1 Å². The Balaban J connectivity index is 2.02. The average molecular weight is 349 g/mol. The molecule has 0 amide bonds. The van der Waals surface area contributed by atoms with Gasteiger partial charge >= 0.3 is 6.36 Å². The molecule has 0 bridgehead atoms. The Morgan fingerprint density at radius 3 is 2.45 bits per heavy atom. The fourth-order valence-electron chi connectivity index (χ4n) is 1.33. The average Bonchev–Trinajstić information content (AvgIpc) is 2.39. The SMILES string of the molecule is FC(F)(F)Oc1ccc(OCc2ncccn2)cc1Br. The summed E-state index contributed by atoms with van der Waals surface area (Å²) >= 11 is 2.99. The minimum absolute atomic E-state index is 0.118. The maximum Gasteiger partial charge on any atom is 0.573 e. The zero-order chi connectivity index (χ0) is 14.6. The van der Waals surface area contributed by atoms with Gasteiger partial charge in [0, 0.05) is 12.4 Å². The Morgan fingerprint density at radius 1 is 1.15 bits per heavy atom. The molecule has 20 heavy (non-hydrogen) atoms. The zero-order valence-electron chi connectivity index (χ0n) is 9.89. The van der Waals surface area contributed by atoms with Gasteiger partial charge in [-0.15, -0.1) is 13.2 Å². The van der Waals surface area contributed by atoms with Crippen molar-refractivity contribution in [2.24, 2.45) is 0 Å². The molecule has 0 aliphatic carbocycles. The standard InChI is InChI=1S/C12H8BrF3N2O2/c13-9-6-8(2-3-10(9)20-12(14,15)16)19-7-11-17-4-1-5-18-11/h1-6H,7H2. The van der Waals surface area contributed by atoms with E-state index in [1.165, 1.54) is 18.2 Å². The summed E-state index contributed by atoms with van der Waals surface area (Å²) in [5.74, 6) is 0.513. The van der Waals surface area contributed by atoms with E-state index in [1.54, 1.807) is 18.5 Å². The highest BCUT2D eigenvalue weighted by Crippen LogP contribution is 2.33. The van der Waals surface area contributed by atoms with Crippen molar-refractivity contribution >= 4 is 15.9 Å². The first-order valence-electron chi connectivity index (χ1n) is 5.38. The van der Waals surface area contributed by atoms with Crippen LogP contribution in [0.1, 0.15) is 5.82 Å². The van der Waals surface area contributed by atoms with Crippen LogP contribution in [0.2, 0.25) is 0 Å². The van der Waals surface area contributed by atoms with Crippen LogP contribution in [0.3, 0.4) is 0 Å². The van der Waals surface area contributed by atoms with Crippen molar-refractivity contribution in [3.05, 3.63) is 47.0 Å². The molecule has 0 aliphatic rings. The van der Waals surface area contributed by atoms with Crippen molar-refractivity contribution in [2.75, 3.05) is 0 Å². The van der Waals surface area contributed by atoms with Crippen LogP contribution in [0.5, 0.6) is 11.5 Å². The molecule has 0 aliphatic heterocycles. The van der Waals surface area contributed by atoms with Crippen LogP contribution in [0.25, 0.3) is 0 Å². The molecule has 0 unspecified atom stereocenters. The second kappa shape index (κ2) is 6.08. The van der Waals surface area contributed by atoms with Crippen molar-refractivity contribution in [3.8, 4) is 11.5 Å². The minimum atomic E-state index is -4.73. The first-order valence-corrected chi connectivity index (χ1v) is 6.17. The lowest BCUT2D eigenvalue weighted by Crippen LogP contribution is -2.17. The van der Waals surface area contributed by atoms with E-state index < -0.39 is 6.36 Å². The first-order chi connectivity index (χ1) is 9.44. The van der Waals surface area contributed by atoms with Gasteiger partial charge in [-0.1, -0.05) is 0 Å². The highest BCUT2D eigenvalue weighted by molar-refractivity contribution is 9.10. The molecule has 0 saturated carbocycles. The van der Waals surface area contributed by atoms with E-state index >= 15 is 0 Å².